The summed E-state index contributed by atoms with van der Waals surface area (Å²) in [6.07, 6.45) is 5.12. The number of carbonyl (C=O) groups excluding carboxylic acids is 1. The Kier molecular flexibility index (Phi) is 5.89. The van der Waals surface area contributed by atoms with Crippen LogP contribution in [0, 0.1) is 12.3 Å². The number of urea groups is 1. The molecule has 0 aliphatic carbocycles. The number of nitrogens with one attached hydrogen (secondary N) is 1. The summed E-state index contributed by atoms with van der Waals surface area (Å²) in [5.74, 6) is 2.07. The molecule has 2 N–H and O–H groups in total. The number of hydrogen-bond donors (Lipinski definition) is 2. The highest BCUT2D eigenvalue weighted by atomic mass is 16.5. The number of carboxylic acids is 1. The maximum Gasteiger partial charge on any atom is 0.323 e. The van der Waals surface area contributed by atoms with Crippen LogP contribution in [-0.2, 0) is 4.79 Å². The summed E-state index contributed by atoms with van der Waals surface area (Å²) in [6.45, 7) is -0.601. The highest BCUT2D eigenvalue weighted by molar-refractivity contribution is 5.92. The van der Waals surface area contributed by atoms with Gasteiger partial charge in [-0.25, -0.2) is 4.79 Å². The molecule has 0 fully saturated rings. The van der Waals surface area contributed by atoms with Crippen molar-refractivity contribution in [2.75, 3.05) is 32.6 Å². The van der Waals surface area contributed by atoms with Crippen LogP contribution in [0.25, 0.3) is 0 Å². The molecule has 0 bridgehead atoms. The average molecular weight is 292 g/mol. The zero-order chi connectivity index (χ0) is 15.8. The fourth-order valence-corrected chi connectivity index (χ4v) is 1.56. The number of carbonyl (C=O) groups is 2. The molecule has 0 spiro atoms. The zero-order valence-corrected chi connectivity index (χ0v) is 11.8. The van der Waals surface area contributed by atoms with Crippen LogP contribution >= 0.6 is 0 Å². The lowest BCUT2D eigenvalue weighted by molar-refractivity contribution is -0.137. The molecule has 0 heterocycles. The smallest absolute Gasteiger partial charge is 0.323 e. The number of rotatable bonds is 6. The molecular weight excluding hydrogens is 276 g/mol. The first-order valence-electron chi connectivity index (χ1n) is 5.94. The number of aliphatic carboxylic acids is 1. The summed E-state index contributed by atoms with van der Waals surface area (Å²) < 4.78 is 10.2. The van der Waals surface area contributed by atoms with Crippen molar-refractivity contribution in [2.24, 2.45) is 0 Å². The molecule has 0 saturated heterocycles. The Balaban J connectivity index is 2.89. The third-order valence-corrected chi connectivity index (χ3v) is 2.50. The first-order chi connectivity index (χ1) is 9.99. The number of anilines is 1. The van der Waals surface area contributed by atoms with Crippen LogP contribution in [0.1, 0.15) is 0 Å². The van der Waals surface area contributed by atoms with E-state index in [4.69, 9.17) is 21.0 Å². The summed E-state index contributed by atoms with van der Waals surface area (Å²) in [7, 11) is 2.96. The van der Waals surface area contributed by atoms with Gasteiger partial charge in [0.15, 0.2) is 0 Å². The van der Waals surface area contributed by atoms with Crippen LogP contribution in [0.5, 0.6) is 11.5 Å². The van der Waals surface area contributed by atoms with Gasteiger partial charge in [-0.3, -0.25) is 4.79 Å². The number of terminal acetylenes is 1. The quantitative estimate of drug-likeness (QED) is 0.771. The third-order valence-electron chi connectivity index (χ3n) is 2.50. The summed E-state index contributed by atoms with van der Waals surface area (Å²) >= 11 is 0. The SMILES string of the molecule is C#CCN(CC(=O)O)C(=O)Nc1cc(OC)cc(OC)c1. The summed E-state index contributed by atoms with van der Waals surface area (Å²) in [5.41, 5.74) is 0.406. The van der Waals surface area contributed by atoms with E-state index in [1.54, 1.807) is 18.2 Å². The standard InChI is InChI=1S/C14H16N2O5/c1-4-5-16(9-13(17)18)14(19)15-10-6-11(20-2)8-12(7-10)21-3/h1,6-8H,5,9H2,2-3H3,(H,15,19)(H,17,18). The summed E-state index contributed by atoms with van der Waals surface area (Å²) in [5, 5.41) is 11.3. The maximum atomic E-state index is 12.0. The van der Waals surface area contributed by atoms with Crippen molar-refractivity contribution in [1.29, 1.82) is 0 Å². The average Bonchev–Trinajstić information content (AvgIpc) is 2.45. The van der Waals surface area contributed by atoms with Crippen molar-refractivity contribution in [3.05, 3.63) is 18.2 Å². The predicted molar refractivity (Wildman–Crippen MR) is 76.6 cm³/mol. The molecule has 1 aromatic rings. The van der Waals surface area contributed by atoms with Crippen molar-refractivity contribution in [2.45, 2.75) is 0 Å². The molecule has 1 rings (SSSR count). The lowest BCUT2D eigenvalue weighted by atomic mass is 10.3. The molecule has 0 radical (unpaired) electrons. The molecular formula is C14H16N2O5. The number of methoxy groups -OCH3 is 2. The number of benzene rings is 1. The molecule has 7 nitrogen and oxygen atoms in total. The van der Waals surface area contributed by atoms with E-state index in [9.17, 15) is 9.59 Å². The minimum Gasteiger partial charge on any atom is -0.497 e. The fourth-order valence-electron chi connectivity index (χ4n) is 1.56. The number of amides is 2. The van der Waals surface area contributed by atoms with Gasteiger partial charge in [0.25, 0.3) is 0 Å². The van der Waals surface area contributed by atoms with E-state index in [1.165, 1.54) is 14.2 Å². The molecule has 0 saturated carbocycles. The minimum absolute atomic E-state index is 0.112. The van der Waals surface area contributed by atoms with E-state index >= 15 is 0 Å². The van der Waals surface area contributed by atoms with Gasteiger partial charge in [0, 0.05) is 23.9 Å². The molecule has 1 aromatic carbocycles. The van der Waals surface area contributed by atoms with Gasteiger partial charge in [0.2, 0.25) is 0 Å². The van der Waals surface area contributed by atoms with Crippen LogP contribution in [-0.4, -0.2) is 49.3 Å². The number of hydrogen-bond acceptors (Lipinski definition) is 4. The molecule has 7 heteroatoms. The first kappa shape index (κ1) is 16.2. The van der Waals surface area contributed by atoms with E-state index in [1.807, 2.05) is 0 Å². The van der Waals surface area contributed by atoms with Crippen LogP contribution in [0.15, 0.2) is 18.2 Å². The lowest BCUT2D eigenvalue weighted by Crippen LogP contribution is -2.39. The molecule has 2 amide bonds. The van der Waals surface area contributed by atoms with Gasteiger partial charge in [0.05, 0.1) is 20.8 Å². The van der Waals surface area contributed by atoms with E-state index in [0.29, 0.717) is 17.2 Å². The summed E-state index contributed by atoms with van der Waals surface area (Å²) in [4.78, 5) is 23.7. The maximum absolute atomic E-state index is 12.0. The van der Waals surface area contributed by atoms with Gasteiger partial charge >= 0.3 is 12.0 Å². The van der Waals surface area contributed by atoms with Gasteiger partial charge in [-0.05, 0) is 0 Å². The van der Waals surface area contributed by atoms with Gasteiger partial charge in [-0.15, -0.1) is 6.42 Å². The highest BCUT2D eigenvalue weighted by Crippen LogP contribution is 2.25. The second-order valence-electron chi connectivity index (χ2n) is 3.99. The number of carboxylic acid groups (broad SMARTS) is 1. The molecule has 112 valence electrons. The number of ether oxygens (including phenoxy) is 2. The molecule has 0 aromatic heterocycles. The predicted octanol–water partition coefficient (Wildman–Crippen LogP) is 1.26. The Labute approximate surface area is 122 Å². The molecule has 0 unspecified atom stereocenters. The van der Waals surface area contributed by atoms with E-state index in [0.717, 1.165) is 4.90 Å². The lowest BCUT2D eigenvalue weighted by Gasteiger charge is -2.19. The molecule has 0 aliphatic heterocycles. The van der Waals surface area contributed by atoms with Crippen LogP contribution < -0.4 is 14.8 Å². The Hall–Kier alpha value is -2.88. The van der Waals surface area contributed by atoms with Gasteiger partial charge in [-0.1, -0.05) is 5.92 Å². The zero-order valence-electron chi connectivity index (χ0n) is 11.8. The van der Waals surface area contributed by atoms with Gasteiger partial charge in [-0.2, -0.15) is 0 Å². The third kappa shape index (κ3) is 4.95. The van der Waals surface area contributed by atoms with Crippen molar-refractivity contribution >= 4 is 17.7 Å². The van der Waals surface area contributed by atoms with Crippen LogP contribution in [0.4, 0.5) is 10.5 Å². The van der Waals surface area contributed by atoms with Gasteiger partial charge in [0.1, 0.15) is 18.0 Å². The normalized spacial score (nSPS) is 9.38. The van der Waals surface area contributed by atoms with Crippen molar-refractivity contribution < 1.29 is 24.2 Å². The Morgan fingerprint density at radius 2 is 1.86 bits per heavy atom. The Bertz CT molecular complexity index is 543. The van der Waals surface area contributed by atoms with Crippen LogP contribution in [0.3, 0.4) is 0 Å². The largest absolute Gasteiger partial charge is 0.497 e. The monoisotopic (exact) mass is 292 g/mol. The van der Waals surface area contributed by atoms with E-state index < -0.39 is 18.5 Å². The Morgan fingerprint density at radius 1 is 1.29 bits per heavy atom. The van der Waals surface area contributed by atoms with E-state index in [-0.39, 0.29) is 6.54 Å². The number of nitrogens with zero attached hydrogens (tertiary/aromatic N) is 1. The highest BCUT2D eigenvalue weighted by Gasteiger charge is 2.16. The van der Waals surface area contributed by atoms with Crippen molar-refractivity contribution in [1.82, 2.24) is 4.90 Å². The molecule has 21 heavy (non-hydrogen) atoms. The second kappa shape index (κ2) is 7.65. The van der Waals surface area contributed by atoms with E-state index in [2.05, 4.69) is 11.2 Å². The summed E-state index contributed by atoms with van der Waals surface area (Å²) in [6, 6.07) is 4.18. The van der Waals surface area contributed by atoms with Gasteiger partial charge < -0.3 is 24.8 Å². The molecule has 0 aliphatic rings. The molecule has 0 atom stereocenters. The first-order valence-corrected chi connectivity index (χ1v) is 5.94. The van der Waals surface area contributed by atoms with Crippen LogP contribution in [0.2, 0.25) is 0 Å². The van der Waals surface area contributed by atoms with Crippen molar-refractivity contribution in [3.63, 3.8) is 0 Å². The van der Waals surface area contributed by atoms with Crippen molar-refractivity contribution in [3.8, 4) is 23.8 Å². The second-order valence-corrected chi connectivity index (χ2v) is 3.99. The topological polar surface area (TPSA) is 88.1 Å². The fraction of sp³-hybridized carbons (Fsp3) is 0.286. The Morgan fingerprint density at radius 3 is 2.29 bits per heavy atom. The minimum atomic E-state index is -1.15.